The van der Waals surface area contributed by atoms with Crippen molar-refractivity contribution < 1.29 is 27.4 Å². The van der Waals surface area contributed by atoms with Gasteiger partial charge in [-0.1, -0.05) is 32.0 Å². The number of nitrogens with one attached hydrogen (secondary N) is 1. The van der Waals surface area contributed by atoms with Crippen LogP contribution < -0.4 is 4.72 Å². The van der Waals surface area contributed by atoms with Gasteiger partial charge in [0.05, 0.1) is 31.1 Å². The Bertz CT molecular complexity index is 873. The Morgan fingerprint density at radius 2 is 1.97 bits per heavy atom. The molecule has 1 aromatic carbocycles. The average molecular weight is 424 g/mol. The van der Waals surface area contributed by atoms with Crippen LogP contribution in [-0.4, -0.2) is 45.2 Å². The van der Waals surface area contributed by atoms with Crippen LogP contribution in [0.15, 0.2) is 35.9 Å². The van der Waals surface area contributed by atoms with E-state index in [2.05, 4.69) is 18.6 Å². The molecule has 2 aliphatic rings. The molecule has 1 aliphatic carbocycles. The zero-order valence-electron chi connectivity index (χ0n) is 17.1. The molecule has 2 atom stereocenters. The minimum Gasteiger partial charge on any atom is -0.463 e. The monoisotopic (exact) mass is 423 g/mol. The third-order valence-corrected chi connectivity index (χ3v) is 7.24. The van der Waals surface area contributed by atoms with E-state index in [0.29, 0.717) is 25.3 Å². The van der Waals surface area contributed by atoms with Crippen molar-refractivity contribution in [3.8, 4) is 0 Å². The van der Waals surface area contributed by atoms with Gasteiger partial charge in [-0.3, -0.25) is 4.72 Å². The minimum absolute atomic E-state index is 0.0634. The van der Waals surface area contributed by atoms with Crippen LogP contribution in [0, 0.1) is 0 Å². The predicted molar refractivity (Wildman–Crippen MR) is 110 cm³/mol. The van der Waals surface area contributed by atoms with Gasteiger partial charge in [0.1, 0.15) is 5.25 Å². The number of hydrogen-bond donors (Lipinski definition) is 1. The predicted octanol–water partition coefficient (Wildman–Crippen LogP) is 3.34. The first-order valence-electron chi connectivity index (χ1n) is 10.1. The Hall–Kier alpha value is -1.90. The second kappa shape index (κ2) is 8.85. The molecular weight excluding hydrogens is 394 g/mol. The van der Waals surface area contributed by atoms with Gasteiger partial charge in [-0.05, 0) is 43.4 Å². The Morgan fingerprint density at radius 1 is 1.28 bits per heavy atom. The fourth-order valence-corrected chi connectivity index (χ4v) is 5.34. The second-order valence-corrected chi connectivity index (χ2v) is 9.26. The highest BCUT2D eigenvalue weighted by Gasteiger charge is 2.46. The highest BCUT2D eigenvalue weighted by atomic mass is 32.2. The highest BCUT2D eigenvalue weighted by molar-refractivity contribution is 7.93. The van der Waals surface area contributed by atoms with Gasteiger partial charge in [0.25, 0.3) is 0 Å². The van der Waals surface area contributed by atoms with E-state index in [1.165, 1.54) is 6.08 Å². The zero-order valence-corrected chi connectivity index (χ0v) is 18.0. The Kier molecular flexibility index (Phi) is 6.65. The number of para-hydroxylation sites is 1. The summed E-state index contributed by atoms with van der Waals surface area (Å²) < 4.78 is 45.8. The summed E-state index contributed by atoms with van der Waals surface area (Å²) in [4.78, 5) is 12.6. The van der Waals surface area contributed by atoms with Crippen molar-refractivity contribution in [2.24, 2.45) is 0 Å². The summed E-state index contributed by atoms with van der Waals surface area (Å²) in [7, 11) is -3.89. The summed E-state index contributed by atoms with van der Waals surface area (Å²) in [5.41, 5.74) is 1.53. The van der Waals surface area contributed by atoms with Crippen LogP contribution in [0.1, 0.15) is 51.5 Å². The molecule has 7 nitrogen and oxygen atoms in total. The molecule has 1 aliphatic heterocycles. The number of hydrogen-bond acceptors (Lipinski definition) is 6. The van der Waals surface area contributed by atoms with Gasteiger partial charge in [0.2, 0.25) is 10.0 Å². The van der Waals surface area contributed by atoms with Crippen LogP contribution in [0.2, 0.25) is 0 Å². The SMILES string of the molecule is CCOC(=O)C1=CC2(CCC1S(=O)(=O)Nc1ccccc1C(C)CC)OCCO2. The van der Waals surface area contributed by atoms with Crippen molar-refractivity contribution in [1.82, 2.24) is 0 Å². The van der Waals surface area contributed by atoms with Crippen molar-refractivity contribution >= 4 is 21.7 Å². The van der Waals surface area contributed by atoms with E-state index in [1.54, 1.807) is 19.1 Å². The van der Waals surface area contributed by atoms with E-state index in [-0.39, 0.29) is 24.5 Å². The Morgan fingerprint density at radius 3 is 2.62 bits per heavy atom. The molecule has 2 unspecified atom stereocenters. The van der Waals surface area contributed by atoms with E-state index in [1.807, 2.05) is 12.1 Å². The summed E-state index contributed by atoms with van der Waals surface area (Å²) in [6, 6.07) is 7.36. The summed E-state index contributed by atoms with van der Waals surface area (Å²) in [5.74, 6) is -1.50. The number of anilines is 1. The number of benzene rings is 1. The van der Waals surface area contributed by atoms with Gasteiger partial charge in [0.15, 0.2) is 5.79 Å². The van der Waals surface area contributed by atoms with Gasteiger partial charge in [-0.15, -0.1) is 0 Å². The summed E-state index contributed by atoms with van der Waals surface area (Å²) in [6.07, 6.45) is 2.93. The van der Waals surface area contributed by atoms with E-state index < -0.39 is 27.0 Å². The fourth-order valence-electron chi connectivity index (χ4n) is 3.78. The standard InChI is InChI=1S/C21H29NO6S/c1-4-15(3)16-8-6-7-9-18(16)22-29(24,25)19-10-11-21(27-12-13-28-21)14-17(19)20(23)26-5-2/h6-9,14-15,19,22H,4-5,10-13H2,1-3H3. The van der Waals surface area contributed by atoms with Crippen LogP contribution in [0.5, 0.6) is 0 Å². The van der Waals surface area contributed by atoms with Crippen LogP contribution in [0.4, 0.5) is 5.69 Å². The zero-order chi connectivity index (χ0) is 21.1. The lowest BCUT2D eigenvalue weighted by Gasteiger charge is -2.33. The van der Waals surface area contributed by atoms with Crippen LogP contribution in [0.25, 0.3) is 0 Å². The molecule has 8 heteroatoms. The molecule has 1 N–H and O–H groups in total. The first kappa shape index (κ1) is 21.8. The fraction of sp³-hybridized carbons (Fsp3) is 0.571. The van der Waals surface area contributed by atoms with Crippen molar-refractivity contribution in [2.45, 2.75) is 57.0 Å². The normalized spacial score (nSPS) is 22.2. The van der Waals surface area contributed by atoms with Crippen LogP contribution >= 0.6 is 0 Å². The van der Waals surface area contributed by atoms with Crippen molar-refractivity contribution in [3.05, 3.63) is 41.5 Å². The molecule has 1 fully saturated rings. The van der Waals surface area contributed by atoms with Crippen molar-refractivity contribution in [2.75, 3.05) is 24.5 Å². The van der Waals surface area contributed by atoms with E-state index in [4.69, 9.17) is 14.2 Å². The Labute approximate surface area is 172 Å². The molecule has 160 valence electrons. The Balaban J connectivity index is 1.94. The lowest BCUT2D eigenvalue weighted by Crippen LogP contribution is -2.42. The molecule has 1 spiro atoms. The van der Waals surface area contributed by atoms with E-state index in [9.17, 15) is 13.2 Å². The number of esters is 1. The van der Waals surface area contributed by atoms with Crippen LogP contribution in [-0.2, 0) is 29.0 Å². The van der Waals surface area contributed by atoms with Gasteiger partial charge >= 0.3 is 5.97 Å². The largest absolute Gasteiger partial charge is 0.463 e. The number of carbonyl (C=O) groups excluding carboxylic acids is 1. The minimum atomic E-state index is -3.89. The third kappa shape index (κ3) is 4.65. The molecule has 0 radical (unpaired) electrons. The molecular formula is C21H29NO6S. The second-order valence-electron chi connectivity index (χ2n) is 7.40. The summed E-state index contributed by atoms with van der Waals surface area (Å²) >= 11 is 0. The molecule has 0 amide bonds. The number of sulfonamides is 1. The van der Waals surface area contributed by atoms with Gasteiger partial charge in [-0.25, -0.2) is 13.2 Å². The first-order chi connectivity index (χ1) is 13.8. The number of rotatable bonds is 7. The lowest BCUT2D eigenvalue weighted by atomic mass is 9.94. The molecule has 1 saturated heterocycles. The topological polar surface area (TPSA) is 90.9 Å². The number of ether oxygens (including phenoxy) is 3. The average Bonchev–Trinajstić information content (AvgIpc) is 3.15. The molecule has 1 heterocycles. The summed E-state index contributed by atoms with van der Waals surface area (Å²) in [6.45, 7) is 6.76. The maximum Gasteiger partial charge on any atom is 0.335 e. The smallest absolute Gasteiger partial charge is 0.335 e. The van der Waals surface area contributed by atoms with Crippen molar-refractivity contribution in [1.29, 1.82) is 0 Å². The van der Waals surface area contributed by atoms with Gasteiger partial charge < -0.3 is 14.2 Å². The van der Waals surface area contributed by atoms with E-state index >= 15 is 0 Å². The lowest BCUT2D eigenvalue weighted by molar-refractivity contribution is -0.143. The molecule has 1 aromatic rings. The van der Waals surface area contributed by atoms with Gasteiger partial charge in [-0.2, -0.15) is 0 Å². The molecule has 0 aromatic heterocycles. The third-order valence-electron chi connectivity index (χ3n) is 5.50. The highest BCUT2D eigenvalue weighted by Crippen LogP contribution is 2.38. The van der Waals surface area contributed by atoms with Crippen LogP contribution in [0.3, 0.4) is 0 Å². The first-order valence-corrected chi connectivity index (χ1v) is 11.6. The maximum absolute atomic E-state index is 13.3. The van der Waals surface area contributed by atoms with Crippen molar-refractivity contribution in [3.63, 3.8) is 0 Å². The molecule has 0 bridgehead atoms. The maximum atomic E-state index is 13.3. The van der Waals surface area contributed by atoms with Gasteiger partial charge in [0, 0.05) is 6.42 Å². The molecule has 0 saturated carbocycles. The quantitative estimate of drug-likeness (QED) is 0.677. The molecule has 29 heavy (non-hydrogen) atoms. The number of carbonyl (C=O) groups is 1. The summed E-state index contributed by atoms with van der Waals surface area (Å²) in [5, 5.41) is -1.04. The molecule has 3 rings (SSSR count). The van der Waals surface area contributed by atoms with E-state index in [0.717, 1.165) is 12.0 Å².